The zero-order chi connectivity index (χ0) is 14.7. The van der Waals surface area contributed by atoms with Crippen LogP contribution >= 0.6 is 11.3 Å². The van der Waals surface area contributed by atoms with Gasteiger partial charge in [0.25, 0.3) is 5.91 Å². The normalized spacial score (nSPS) is 22.1. The van der Waals surface area contributed by atoms with Crippen molar-refractivity contribution in [3.63, 3.8) is 0 Å². The first-order chi connectivity index (χ1) is 10.2. The topological polar surface area (TPSA) is 64.1 Å². The molecule has 1 amide bonds. The van der Waals surface area contributed by atoms with E-state index in [4.69, 9.17) is 4.74 Å². The standard InChI is InChI=1S/C15H19N3O2S/c1-10-4-2-3-5-12(10)18-13(19)8-20-14-11-6-7-21-15(11)17-9-16-14/h6-7,9-10,12H,2-5,8H2,1H3,(H,18,19)/t10-,12+/m0/s1. The van der Waals surface area contributed by atoms with E-state index < -0.39 is 0 Å². The molecule has 1 saturated carbocycles. The van der Waals surface area contributed by atoms with E-state index in [1.54, 1.807) is 0 Å². The minimum atomic E-state index is -0.0734. The highest BCUT2D eigenvalue weighted by Crippen LogP contribution is 2.26. The Balaban J connectivity index is 1.57. The lowest BCUT2D eigenvalue weighted by Gasteiger charge is -2.29. The van der Waals surface area contributed by atoms with Crippen molar-refractivity contribution in [2.45, 2.75) is 38.6 Å². The fourth-order valence-corrected chi connectivity index (χ4v) is 3.52. The summed E-state index contributed by atoms with van der Waals surface area (Å²) in [4.78, 5) is 21.2. The van der Waals surface area contributed by atoms with Gasteiger partial charge in [0.05, 0.1) is 5.39 Å². The zero-order valence-corrected chi connectivity index (χ0v) is 12.9. The average Bonchev–Trinajstić information content (AvgIpc) is 2.96. The summed E-state index contributed by atoms with van der Waals surface area (Å²) in [5.41, 5.74) is 0. The number of thiophene rings is 1. The molecule has 0 radical (unpaired) electrons. The Labute approximate surface area is 127 Å². The van der Waals surface area contributed by atoms with Crippen molar-refractivity contribution in [3.05, 3.63) is 17.8 Å². The second-order valence-electron chi connectivity index (χ2n) is 5.54. The third-order valence-electron chi connectivity index (χ3n) is 4.02. The maximum absolute atomic E-state index is 12.0. The number of nitrogens with zero attached hydrogens (tertiary/aromatic N) is 2. The van der Waals surface area contributed by atoms with E-state index in [-0.39, 0.29) is 18.6 Å². The number of nitrogens with one attached hydrogen (secondary N) is 1. The molecule has 1 aliphatic rings. The van der Waals surface area contributed by atoms with Gasteiger partial charge in [0.2, 0.25) is 5.88 Å². The smallest absolute Gasteiger partial charge is 0.258 e. The van der Waals surface area contributed by atoms with E-state index in [0.717, 1.165) is 16.6 Å². The van der Waals surface area contributed by atoms with Crippen molar-refractivity contribution < 1.29 is 9.53 Å². The highest BCUT2D eigenvalue weighted by atomic mass is 32.1. The van der Waals surface area contributed by atoms with Crippen molar-refractivity contribution in [1.29, 1.82) is 0 Å². The maximum Gasteiger partial charge on any atom is 0.258 e. The van der Waals surface area contributed by atoms with Crippen molar-refractivity contribution in [2.75, 3.05) is 6.61 Å². The van der Waals surface area contributed by atoms with E-state index in [9.17, 15) is 4.79 Å². The molecule has 5 nitrogen and oxygen atoms in total. The number of ether oxygens (including phenoxy) is 1. The van der Waals surface area contributed by atoms with Crippen molar-refractivity contribution >= 4 is 27.5 Å². The molecule has 2 aromatic rings. The lowest BCUT2D eigenvalue weighted by Crippen LogP contribution is -2.43. The van der Waals surface area contributed by atoms with Gasteiger partial charge in [-0.15, -0.1) is 11.3 Å². The molecule has 1 fully saturated rings. The Morgan fingerprint density at radius 1 is 1.43 bits per heavy atom. The SMILES string of the molecule is C[C@H]1CCCC[C@H]1NC(=O)COc1ncnc2sccc12. The number of hydrogen-bond donors (Lipinski definition) is 1. The molecule has 21 heavy (non-hydrogen) atoms. The second kappa shape index (κ2) is 6.39. The highest BCUT2D eigenvalue weighted by Gasteiger charge is 2.23. The fourth-order valence-electron chi connectivity index (χ4n) is 2.80. The molecule has 2 atom stereocenters. The van der Waals surface area contributed by atoms with Crippen LogP contribution < -0.4 is 10.1 Å². The van der Waals surface area contributed by atoms with Gasteiger partial charge >= 0.3 is 0 Å². The Morgan fingerprint density at radius 2 is 2.29 bits per heavy atom. The van der Waals surface area contributed by atoms with Crippen LogP contribution in [-0.4, -0.2) is 28.5 Å². The van der Waals surface area contributed by atoms with Crippen LogP contribution in [0.15, 0.2) is 17.8 Å². The number of fused-ring (bicyclic) bond motifs is 1. The zero-order valence-electron chi connectivity index (χ0n) is 12.0. The number of carbonyl (C=O) groups excluding carboxylic acids is 1. The summed E-state index contributed by atoms with van der Waals surface area (Å²) in [7, 11) is 0. The van der Waals surface area contributed by atoms with Crippen LogP contribution in [0.25, 0.3) is 10.2 Å². The van der Waals surface area contributed by atoms with Gasteiger partial charge in [-0.25, -0.2) is 9.97 Å². The molecule has 0 saturated heterocycles. The number of carbonyl (C=O) groups is 1. The molecule has 112 valence electrons. The number of amides is 1. The van der Waals surface area contributed by atoms with Gasteiger partial charge in [0.15, 0.2) is 6.61 Å². The molecule has 6 heteroatoms. The van der Waals surface area contributed by atoms with E-state index in [1.165, 1.54) is 36.9 Å². The van der Waals surface area contributed by atoms with E-state index >= 15 is 0 Å². The van der Waals surface area contributed by atoms with Crippen LogP contribution in [0.5, 0.6) is 5.88 Å². The lowest BCUT2D eigenvalue weighted by atomic mass is 9.86. The minimum absolute atomic E-state index is 0.00514. The van der Waals surface area contributed by atoms with Crippen LogP contribution in [0.1, 0.15) is 32.6 Å². The van der Waals surface area contributed by atoms with Gasteiger partial charge in [-0.1, -0.05) is 19.8 Å². The summed E-state index contributed by atoms with van der Waals surface area (Å²) in [6.45, 7) is 2.20. The fraction of sp³-hybridized carbons (Fsp3) is 0.533. The van der Waals surface area contributed by atoms with Crippen LogP contribution in [0, 0.1) is 5.92 Å². The van der Waals surface area contributed by atoms with E-state index in [1.807, 2.05) is 11.4 Å². The van der Waals surface area contributed by atoms with Crippen molar-refractivity contribution in [1.82, 2.24) is 15.3 Å². The van der Waals surface area contributed by atoms with Crippen LogP contribution in [-0.2, 0) is 4.79 Å². The lowest BCUT2D eigenvalue weighted by molar-refractivity contribution is -0.124. The van der Waals surface area contributed by atoms with Crippen LogP contribution in [0.3, 0.4) is 0 Å². The van der Waals surface area contributed by atoms with Gasteiger partial charge in [-0.3, -0.25) is 4.79 Å². The van der Waals surface area contributed by atoms with Crippen LogP contribution in [0.4, 0.5) is 0 Å². The molecule has 0 spiro atoms. The predicted molar refractivity (Wildman–Crippen MR) is 82.5 cm³/mol. The third kappa shape index (κ3) is 3.32. The quantitative estimate of drug-likeness (QED) is 0.943. The van der Waals surface area contributed by atoms with Crippen LogP contribution in [0.2, 0.25) is 0 Å². The highest BCUT2D eigenvalue weighted by molar-refractivity contribution is 7.16. The summed E-state index contributed by atoms with van der Waals surface area (Å²) < 4.78 is 5.56. The van der Waals surface area contributed by atoms with Gasteiger partial charge in [-0.2, -0.15) is 0 Å². The van der Waals surface area contributed by atoms with Gasteiger partial charge in [0.1, 0.15) is 11.2 Å². The molecular weight excluding hydrogens is 286 g/mol. The molecule has 1 N–H and O–H groups in total. The summed E-state index contributed by atoms with van der Waals surface area (Å²) in [6, 6.07) is 2.19. The first kappa shape index (κ1) is 14.3. The van der Waals surface area contributed by atoms with Gasteiger partial charge in [-0.05, 0) is 30.2 Å². The van der Waals surface area contributed by atoms with E-state index in [2.05, 4.69) is 22.2 Å². The summed E-state index contributed by atoms with van der Waals surface area (Å²) in [5.74, 6) is 0.953. The Morgan fingerprint density at radius 3 is 3.14 bits per heavy atom. The Kier molecular flexibility index (Phi) is 4.34. The number of aromatic nitrogens is 2. The molecule has 2 aromatic heterocycles. The van der Waals surface area contributed by atoms with Gasteiger partial charge in [0, 0.05) is 6.04 Å². The largest absolute Gasteiger partial charge is 0.467 e. The molecule has 0 aromatic carbocycles. The molecule has 0 bridgehead atoms. The van der Waals surface area contributed by atoms with Crippen molar-refractivity contribution in [2.24, 2.45) is 5.92 Å². The predicted octanol–water partition coefficient (Wildman–Crippen LogP) is 2.77. The first-order valence-corrected chi connectivity index (χ1v) is 8.22. The second-order valence-corrected chi connectivity index (χ2v) is 6.44. The molecule has 0 unspecified atom stereocenters. The van der Waals surface area contributed by atoms with Crippen molar-refractivity contribution in [3.8, 4) is 5.88 Å². The van der Waals surface area contributed by atoms with E-state index in [0.29, 0.717) is 11.8 Å². The summed E-state index contributed by atoms with van der Waals surface area (Å²) in [6.07, 6.45) is 6.18. The average molecular weight is 305 g/mol. The molecular formula is C15H19N3O2S. The first-order valence-electron chi connectivity index (χ1n) is 7.34. The molecule has 2 heterocycles. The third-order valence-corrected chi connectivity index (χ3v) is 4.84. The monoisotopic (exact) mass is 305 g/mol. The molecule has 3 rings (SSSR count). The maximum atomic E-state index is 12.0. The number of rotatable bonds is 4. The Hall–Kier alpha value is -1.69. The summed E-state index contributed by atoms with van der Waals surface area (Å²) >= 11 is 1.53. The van der Waals surface area contributed by atoms with Gasteiger partial charge < -0.3 is 10.1 Å². The molecule has 0 aliphatic heterocycles. The molecule has 1 aliphatic carbocycles. The summed E-state index contributed by atoms with van der Waals surface area (Å²) in [5, 5.41) is 5.88. The Bertz CT molecular complexity index is 628. The number of hydrogen-bond acceptors (Lipinski definition) is 5. The minimum Gasteiger partial charge on any atom is -0.467 e.